The molecule has 0 aromatic heterocycles. The maximum Gasteiger partial charge on any atom is 0.236 e. The quantitative estimate of drug-likeness (QED) is 0.724. The first-order valence-corrected chi connectivity index (χ1v) is 10.1. The Morgan fingerprint density at radius 3 is 2.22 bits per heavy atom. The van der Waals surface area contributed by atoms with E-state index in [0.717, 1.165) is 59.0 Å². The van der Waals surface area contributed by atoms with Gasteiger partial charge in [0.1, 0.15) is 0 Å². The molecular weight excluding hydrogens is 342 g/mol. The maximum absolute atomic E-state index is 12.5. The summed E-state index contributed by atoms with van der Waals surface area (Å²) < 4.78 is 11.0. The number of piperazine rings is 1. The first-order chi connectivity index (χ1) is 13.1. The van der Waals surface area contributed by atoms with E-state index >= 15 is 0 Å². The summed E-state index contributed by atoms with van der Waals surface area (Å²) in [5, 5.41) is 0. The molecule has 2 fully saturated rings. The monoisotopic (exact) mass is 375 g/mol. The van der Waals surface area contributed by atoms with E-state index in [9.17, 15) is 4.79 Å². The summed E-state index contributed by atoms with van der Waals surface area (Å²) in [5.74, 6) is 0.256. The second-order valence-electron chi connectivity index (χ2n) is 7.72. The van der Waals surface area contributed by atoms with Gasteiger partial charge in [-0.15, -0.1) is 0 Å². The lowest BCUT2D eigenvalue weighted by Crippen LogP contribution is -2.51. The molecule has 0 N–H and O–H groups in total. The molecule has 2 heterocycles. The first kappa shape index (κ1) is 20.3. The van der Waals surface area contributed by atoms with Gasteiger partial charge in [0.15, 0.2) is 0 Å². The largest absolute Gasteiger partial charge is 0.379 e. The molecule has 3 rings (SSSR count). The molecule has 6 heteroatoms. The molecule has 0 saturated carbocycles. The number of rotatable bonds is 7. The number of hydrogen-bond acceptors (Lipinski definition) is 5. The van der Waals surface area contributed by atoms with Crippen LogP contribution in [0, 0.1) is 0 Å². The van der Waals surface area contributed by atoms with Gasteiger partial charge in [-0.3, -0.25) is 14.6 Å². The van der Waals surface area contributed by atoms with Gasteiger partial charge in [0.25, 0.3) is 0 Å². The zero-order valence-electron chi connectivity index (χ0n) is 16.7. The Morgan fingerprint density at radius 2 is 1.59 bits per heavy atom. The topological polar surface area (TPSA) is 45.2 Å². The normalized spacial score (nSPS) is 19.6. The van der Waals surface area contributed by atoms with E-state index in [0.29, 0.717) is 13.2 Å². The summed E-state index contributed by atoms with van der Waals surface area (Å²) in [7, 11) is 0. The van der Waals surface area contributed by atoms with Gasteiger partial charge in [0.05, 0.1) is 32.5 Å². The zero-order valence-corrected chi connectivity index (χ0v) is 16.7. The van der Waals surface area contributed by atoms with Crippen LogP contribution in [0.15, 0.2) is 24.3 Å². The van der Waals surface area contributed by atoms with Gasteiger partial charge in [0, 0.05) is 45.8 Å². The number of hydrogen-bond donors (Lipinski definition) is 0. The van der Waals surface area contributed by atoms with Crippen molar-refractivity contribution < 1.29 is 14.3 Å². The van der Waals surface area contributed by atoms with Crippen molar-refractivity contribution in [2.45, 2.75) is 33.1 Å². The van der Waals surface area contributed by atoms with Crippen LogP contribution < -0.4 is 0 Å². The highest BCUT2D eigenvalue weighted by Gasteiger charge is 2.23. The van der Waals surface area contributed by atoms with Gasteiger partial charge in [-0.25, -0.2) is 0 Å². The Balaban J connectivity index is 1.39. The van der Waals surface area contributed by atoms with Crippen LogP contribution in [0.2, 0.25) is 0 Å². The molecule has 1 aromatic rings. The third kappa shape index (κ3) is 6.57. The van der Waals surface area contributed by atoms with Crippen molar-refractivity contribution in [1.29, 1.82) is 0 Å². The van der Waals surface area contributed by atoms with Crippen molar-refractivity contribution in [1.82, 2.24) is 14.7 Å². The van der Waals surface area contributed by atoms with Crippen LogP contribution in [0.25, 0.3) is 0 Å². The van der Waals surface area contributed by atoms with Crippen LogP contribution in [0.5, 0.6) is 0 Å². The fourth-order valence-corrected chi connectivity index (χ4v) is 3.47. The summed E-state index contributed by atoms with van der Waals surface area (Å²) >= 11 is 0. The second-order valence-corrected chi connectivity index (χ2v) is 7.72. The van der Waals surface area contributed by atoms with E-state index < -0.39 is 0 Å². The molecule has 2 aliphatic rings. The van der Waals surface area contributed by atoms with Crippen LogP contribution in [0.4, 0.5) is 0 Å². The molecule has 6 nitrogen and oxygen atoms in total. The number of morpholine rings is 1. The standard InChI is InChI=1S/C21H33N3O3/c1-18(2)27-17-20-5-3-19(4-6-20)15-22-7-9-24(10-8-22)21(25)16-23-11-13-26-14-12-23/h3-6,18H,7-17H2,1-2H3. The van der Waals surface area contributed by atoms with Crippen LogP contribution in [0.3, 0.4) is 0 Å². The van der Waals surface area contributed by atoms with Gasteiger partial charge in [-0.05, 0) is 25.0 Å². The average Bonchev–Trinajstić information content (AvgIpc) is 2.69. The van der Waals surface area contributed by atoms with Crippen molar-refractivity contribution in [3.63, 3.8) is 0 Å². The van der Waals surface area contributed by atoms with Crippen LogP contribution >= 0.6 is 0 Å². The van der Waals surface area contributed by atoms with Crippen LogP contribution in [0.1, 0.15) is 25.0 Å². The van der Waals surface area contributed by atoms with E-state index in [4.69, 9.17) is 9.47 Å². The second kappa shape index (κ2) is 10.2. The van der Waals surface area contributed by atoms with Crippen molar-refractivity contribution in [3.05, 3.63) is 35.4 Å². The van der Waals surface area contributed by atoms with Crippen LogP contribution in [-0.2, 0) is 27.4 Å². The minimum absolute atomic E-state index is 0.256. The number of carbonyl (C=O) groups excluding carboxylic acids is 1. The molecule has 0 unspecified atom stereocenters. The molecular formula is C21H33N3O3. The molecule has 1 aromatic carbocycles. The lowest BCUT2D eigenvalue weighted by molar-refractivity contribution is -0.135. The minimum atomic E-state index is 0.256. The molecule has 0 radical (unpaired) electrons. The third-order valence-electron chi connectivity index (χ3n) is 5.20. The maximum atomic E-state index is 12.5. The predicted molar refractivity (Wildman–Crippen MR) is 105 cm³/mol. The zero-order chi connectivity index (χ0) is 19.1. The average molecular weight is 376 g/mol. The number of nitrogens with zero attached hydrogens (tertiary/aromatic N) is 3. The summed E-state index contributed by atoms with van der Waals surface area (Å²) in [4.78, 5) is 19.1. The Kier molecular flexibility index (Phi) is 7.64. The van der Waals surface area contributed by atoms with Crippen molar-refractivity contribution in [3.8, 4) is 0 Å². The van der Waals surface area contributed by atoms with E-state index in [1.807, 2.05) is 4.90 Å². The predicted octanol–water partition coefficient (Wildman–Crippen LogP) is 1.59. The van der Waals surface area contributed by atoms with Gasteiger partial charge in [0.2, 0.25) is 5.91 Å². The van der Waals surface area contributed by atoms with E-state index in [2.05, 4.69) is 47.9 Å². The lowest BCUT2D eigenvalue weighted by Gasteiger charge is -2.36. The van der Waals surface area contributed by atoms with Crippen molar-refractivity contribution >= 4 is 5.91 Å². The summed E-state index contributed by atoms with van der Waals surface area (Å²) in [6.07, 6.45) is 0.256. The minimum Gasteiger partial charge on any atom is -0.379 e. The molecule has 27 heavy (non-hydrogen) atoms. The summed E-state index contributed by atoms with van der Waals surface area (Å²) in [6.45, 7) is 13.0. The highest BCUT2D eigenvalue weighted by molar-refractivity contribution is 5.78. The Hall–Kier alpha value is -1.47. The molecule has 0 spiro atoms. The van der Waals surface area contributed by atoms with Gasteiger partial charge in [-0.1, -0.05) is 24.3 Å². The molecule has 2 saturated heterocycles. The molecule has 0 aliphatic carbocycles. The van der Waals surface area contributed by atoms with E-state index in [1.165, 1.54) is 11.1 Å². The highest BCUT2D eigenvalue weighted by atomic mass is 16.5. The Morgan fingerprint density at radius 1 is 0.963 bits per heavy atom. The van der Waals surface area contributed by atoms with E-state index in [-0.39, 0.29) is 12.0 Å². The molecule has 0 atom stereocenters. The fourth-order valence-electron chi connectivity index (χ4n) is 3.47. The third-order valence-corrected chi connectivity index (χ3v) is 5.20. The number of ether oxygens (including phenoxy) is 2. The fraction of sp³-hybridized carbons (Fsp3) is 0.667. The van der Waals surface area contributed by atoms with E-state index in [1.54, 1.807) is 0 Å². The van der Waals surface area contributed by atoms with Gasteiger partial charge < -0.3 is 14.4 Å². The number of amides is 1. The first-order valence-electron chi connectivity index (χ1n) is 10.1. The van der Waals surface area contributed by atoms with Crippen molar-refractivity contribution in [2.75, 3.05) is 59.0 Å². The van der Waals surface area contributed by atoms with Crippen molar-refractivity contribution in [2.24, 2.45) is 0 Å². The smallest absolute Gasteiger partial charge is 0.236 e. The lowest BCUT2D eigenvalue weighted by atomic mass is 10.1. The molecule has 2 aliphatic heterocycles. The molecule has 150 valence electrons. The highest BCUT2D eigenvalue weighted by Crippen LogP contribution is 2.12. The van der Waals surface area contributed by atoms with Crippen LogP contribution in [-0.4, -0.2) is 85.7 Å². The summed E-state index contributed by atoms with van der Waals surface area (Å²) in [6, 6.07) is 8.68. The Labute approximate surface area is 163 Å². The number of benzene rings is 1. The van der Waals surface area contributed by atoms with Gasteiger partial charge >= 0.3 is 0 Å². The Bertz CT molecular complexity index is 577. The molecule has 0 bridgehead atoms. The molecule has 1 amide bonds. The SMILES string of the molecule is CC(C)OCc1ccc(CN2CCN(C(=O)CN3CCOCC3)CC2)cc1. The summed E-state index contributed by atoms with van der Waals surface area (Å²) in [5.41, 5.74) is 2.53. The van der Waals surface area contributed by atoms with Gasteiger partial charge in [-0.2, -0.15) is 0 Å². The number of carbonyl (C=O) groups is 1.